The second-order valence-corrected chi connectivity index (χ2v) is 5.79. The van der Waals surface area contributed by atoms with Gasteiger partial charge in [-0.3, -0.25) is 9.79 Å². The van der Waals surface area contributed by atoms with Crippen molar-refractivity contribution < 1.29 is 9.90 Å². The van der Waals surface area contributed by atoms with Gasteiger partial charge in [-0.05, 0) is 30.2 Å². The Morgan fingerprint density at radius 3 is 2.60 bits per heavy atom. The van der Waals surface area contributed by atoms with Crippen LogP contribution in [0.3, 0.4) is 0 Å². The number of aliphatic imine (C=N–C) groups is 1. The zero-order valence-electron chi connectivity index (χ0n) is 11.7. The van der Waals surface area contributed by atoms with Crippen molar-refractivity contribution in [1.82, 2.24) is 4.90 Å². The van der Waals surface area contributed by atoms with E-state index >= 15 is 0 Å². The van der Waals surface area contributed by atoms with Crippen LogP contribution < -0.4 is 0 Å². The van der Waals surface area contributed by atoms with Crippen molar-refractivity contribution in [2.24, 2.45) is 10.9 Å². The largest absolute Gasteiger partial charge is 0.481 e. The Kier molecular flexibility index (Phi) is 3.47. The van der Waals surface area contributed by atoms with Gasteiger partial charge in [0.2, 0.25) is 0 Å². The fourth-order valence-corrected chi connectivity index (χ4v) is 2.97. The Labute approximate surface area is 119 Å². The molecule has 0 amide bonds. The fourth-order valence-electron chi connectivity index (χ4n) is 2.97. The van der Waals surface area contributed by atoms with Gasteiger partial charge in [-0.15, -0.1) is 0 Å². The first-order valence-corrected chi connectivity index (χ1v) is 7.23. The van der Waals surface area contributed by atoms with Gasteiger partial charge in [0.15, 0.2) is 0 Å². The second-order valence-electron chi connectivity index (χ2n) is 5.79. The molecule has 1 fully saturated rings. The zero-order valence-corrected chi connectivity index (χ0v) is 11.7. The minimum absolute atomic E-state index is 0.171. The topological polar surface area (TPSA) is 52.9 Å². The fraction of sp³-hybridized carbons (Fsp3) is 0.500. The first-order valence-electron chi connectivity index (χ1n) is 7.23. The molecule has 1 heterocycles. The van der Waals surface area contributed by atoms with E-state index in [4.69, 9.17) is 5.11 Å². The number of carboxylic acid groups (broad SMARTS) is 1. The molecule has 0 spiro atoms. The number of benzene rings is 1. The highest BCUT2D eigenvalue weighted by molar-refractivity contribution is 5.99. The van der Waals surface area contributed by atoms with Crippen LogP contribution in [0.5, 0.6) is 0 Å². The van der Waals surface area contributed by atoms with Crippen molar-refractivity contribution >= 4 is 11.8 Å². The van der Waals surface area contributed by atoms with Crippen LogP contribution in [-0.2, 0) is 4.79 Å². The van der Waals surface area contributed by atoms with E-state index < -0.39 is 5.97 Å². The van der Waals surface area contributed by atoms with Gasteiger partial charge >= 0.3 is 5.97 Å². The lowest BCUT2D eigenvalue weighted by molar-refractivity contribution is -0.137. The lowest BCUT2D eigenvalue weighted by Crippen LogP contribution is -2.23. The molecule has 0 saturated heterocycles. The Morgan fingerprint density at radius 1 is 1.40 bits per heavy atom. The number of hydrogen-bond donors (Lipinski definition) is 1. The lowest BCUT2D eigenvalue weighted by Gasteiger charge is -2.17. The van der Waals surface area contributed by atoms with Gasteiger partial charge in [0.1, 0.15) is 5.84 Å². The van der Waals surface area contributed by atoms with Crippen LogP contribution in [0, 0.1) is 5.92 Å². The van der Waals surface area contributed by atoms with Crippen molar-refractivity contribution in [1.29, 1.82) is 0 Å². The van der Waals surface area contributed by atoms with Crippen LogP contribution in [0.25, 0.3) is 0 Å². The maximum Gasteiger partial charge on any atom is 0.303 e. The number of likely N-dealkylation sites (N-methyl/N-ethyl adjacent to an activating group) is 1. The molecular weight excluding hydrogens is 252 g/mol. The van der Waals surface area contributed by atoms with E-state index in [9.17, 15) is 4.79 Å². The quantitative estimate of drug-likeness (QED) is 0.895. The van der Waals surface area contributed by atoms with Gasteiger partial charge in [-0.2, -0.15) is 0 Å². The Balaban J connectivity index is 1.79. The van der Waals surface area contributed by atoms with Crippen molar-refractivity contribution in [2.45, 2.75) is 25.2 Å². The molecule has 1 unspecified atom stereocenters. The van der Waals surface area contributed by atoms with Crippen LogP contribution in [0.1, 0.15) is 36.3 Å². The third kappa shape index (κ3) is 2.69. The average Bonchev–Trinajstić information content (AvgIpc) is 3.18. The highest BCUT2D eigenvalue weighted by Gasteiger charge is 2.33. The Hall–Kier alpha value is -1.84. The SMILES string of the molecule is CN1CCN=C1c1ccc(C(CC(=O)O)C2CC2)cc1. The molecule has 1 atom stereocenters. The van der Waals surface area contributed by atoms with Crippen LogP contribution in [0.15, 0.2) is 29.3 Å². The van der Waals surface area contributed by atoms with E-state index in [1.165, 1.54) is 0 Å². The summed E-state index contributed by atoms with van der Waals surface area (Å²) in [5.41, 5.74) is 2.28. The minimum Gasteiger partial charge on any atom is -0.481 e. The van der Waals surface area contributed by atoms with Crippen molar-refractivity contribution in [3.05, 3.63) is 35.4 Å². The first-order chi connectivity index (χ1) is 9.65. The molecule has 4 nitrogen and oxygen atoms in total. The van der Waals surface area contributed by atoms with Crippen LogP contribution in [-0.4, -0.2) is 41.9 Å². The molecule has 20 heavy (non-hydrogen) atoms. The zero-order chi connectivity index (χ0) is 14.1. The molecule has 1 saturated carbocycles. The molecule has 1 N–H and O–H groups in total. The lowest BCUT2D eigenvalue weighted by atomic mass is 9.90. The van der Waals surface area contributed by atoms with E-state index in [1.807, 2.05) is 0 Å². The van der Waals surface area contributed by atoms with Gasteiger partial charge in [-0.25, -0.2) is 0 Å². The third-order valence-electron chi connectivity index (χ3n) is 4.24. The number of amidine groups is 1. The van der Waals surface area contributed by atoms with E-state index in [1.54, 1.807) is 0 Å². The van der Waals surface area contributed by atoms with E-state index in [0.717, 1.165) is 42.9 Å². The Morgan fingerprint density at radius 2 is 2.10 bits per heavy atom. The van der Waals surface area contributed by atoms with Gasteiger partial charge in [0.05, 0.1) is 13.0 Å². The number of hydrogen-bond acceptors (Lipinski definition) is 3. The molecule has 106 valence electrons. The van der Waals surface area contributed by atoms with Gasteiger partial charge in [-0.1, -0.05) is 24.3 Å². The number of aliphatic carboxylic acids is 1. The standard InChI is InChI=1S/C16H20N2O2/c1-18-9-8-17-16(18)13-6-4-12(5-7-13)14(10-15(19)20)11-2-3-11/h4-7,11,14H,2-3,8-10H2,1H3,(H,19,20). The summed E-state index contributed by atoms with van der Waals surface area (Å²) < 4.78 is 0. The van der Waals surface area contributed by atoms with E-state index in [2.05, 4.69) is 41.2 Å². The first kappa shape index (κ1) is 13.2. The number of rotatable bonds is 5. The molecule has 0 aromatic heterocycles. The van der Waals surface area contributed by atoms with Gasteiger partial charge in [0, 0.05) is 19.2 Å². The van der Waals surface area contributed by atoms with E-state index in [0.29, 0.717) is 5.92 Å². The van der Waals surface area contributed by atoms with Gasteiger partial charge in [0.25, 0.3) is 0 Å². The monoisotopic (exact) mass is 272 g/mol. The molecule has 1 aromatic carbocycles. The highest BCUT2D eigenvalue weighted by atomic mass is 16.4. The maximum absolute atomic E-state index is 11.0. The summed E-state index contributed by atoms with van der Waals surface area (Å²) in [6.07, 6.45) is 2.56. The van der Waals surface area contributed by atoms with Crippen LogP contribution in [0.2, 0.25) is 0 Å². The molecule has 0 bridgehead atoms. The van der Waals surface area contributed by atoms with Crippen molar-refractivity contribution in [3.8, 4) is 0 Å². The van der Waals surface area contributed by atoms with Crippen molar-refractivity contribution in [2.75, 3.05) is 20.1 Å². The van der Waals surface area contributed by atoms with Crippen LogP contribution >= 0.6 is 0 Å². The number of carbonyl (C=O) groups is 1. The summed E-state index contributed by atoms with van der Waals surface area (Å²) in [5.74, 6) is 1.07. The molecule has 2 aliphatic rings. The highest BCUT2D eigenvalue weighted by Crippen LogP contribution is 2.44. The second kappa shape index (κ2) is 5.27. The predicted molar refractivity (Wildman–Crippen MR) is 78.2 cm³/mol. The van der Waals surface area contributed by atoms with Gasteiger partial charge < -0.3 is 10.0 Å². The minimum atomic E-state index is -0.703. The summed E-state index contributed by atoms with van der Waals surface area (Å²) in [4.78, 5) is 17.7. The summed E-state index contributed by atoms with van der Waals surface area (Å²) in [7, 11) is 2.05. The Bertz CT molecular complexity index is 532. The summed E-state index contributed by atoms with van der Waals surface area (Å²) >= 11 is 0. The molecular formula is C16H20N2O2. The summed E-state index contributed by atoms with van der Waals surface area (Å²) in [6.45, 7) is 1.83. The van der Waals surface area contributed by atoms with E-state index in [-0.39, 0.29) is 12.3 Å². The molecule has 1 aliphatic carbocycles. The molecule has 1 aliphatic heterocycles. The molecule has 3 rings (SSSR count). The summed E-state index contributed by atoms with van der Waals surface area (Å²) in [6, 6.07) is 8.31. The number of carboxylic acids is 1. The predicted octanol–water partition coefficient (Wildman–Crippen LogP) is 2.35. The molecule has 0 radical (unpaired) electrons. The average molecular weight is 272 g/mol. The third-order valence-corrected chi connectivity index (χ3v) is 4.24. The maximum atomic E-state index is 11.0. The number of nitrogens with zero attached hydrogens (tertiary/aromatic N) is 2. The molecule has 4 heteroatoms. The van der Waals surface area contributed by atoms with Crippen LogP contribution in [0.4, 0.5) is 0 Å². The smallest absolute Gasteiger partial charge is 0.303 e. The molecule has 1 aromatic rings. The normalized spacial score (nSPS) is 19.9. The summed E-state index contributed by atoms with van der Waals surface area (Å²) in [5, 5.41) is 9.06. The van der Waals surface area contributed by atoms with Crippen molar-refractivity contribution in [3.63, 3.8) is 0 Å².